The molecule has 4 rings (SSSR count). The van der Waals surface area contributed by atoms with E-state index in [1.54, 1.807) is 23.5 Å². The quantitative estimate of drug-likeness (QED) is 0.754. The van der Waals surface area contributed by atoms with E-state index < -0.39 is 6.10 Å². The molecule has 1 N–H and O–H groups in total. The standard InChI is InChI=1S/C17H18FN3OS/c18-13-3-1-12(2-4-13)16(22)11-21(15-5-6-15)10-14-9-20-7-8-23-17(20)19-14/h1-4,7-9,15-16,22H,5-6,10-11H2/t16-/m1/s1. The van der Waals surface area contributed by atoms with Gasteiger partial charge < -0.3 is 5.11 Å². The van der Waals surface area contributed by atoms with Crippen LogP contribution in [0.15, 0.2) is 42.0 Å². The highest BCUT2D eigenvalue weighted by Gasteiger charge is 2.31. The first-order valence-electron chi connectivity index (χ1n) is 7.78. The summed E-state index contributed by atoms with van der Waals surface area (Å²) >= 11 is 1.62. The highest BCUT2D eigenvalue weighted by molar-refractivity contribution is 7.15. The van der Waals surface area contributed by atoms with Crippen LogP contribution in [0.2, 0.25) is 0 Å². The van der Waals surface area contributed by atoms with E-state index in [1.165, 1.54) is 25.0 Å². The molecule has 23 heavy (non-hydrogen) atoms. The number of rotatable bonds is 6. The van der Waals surface area contributed by atoms with Gasteiger partial charge in [-0.05, 0) is 30.5 Å². The molecule has 2 heterocycles. The maximum Gasteiger partial charge on any atom is 0.193 e. The van der Waals surface area contributed by atoms with Crippen LogP contribution in [0.1, 0.15) is 30.2 Å². The van der Waals surface area contributed by atoms with E-state index in [0.717, 1.165) is 22.8 Å². The maximum atomic E-state index is 13.0. The first-order chi connectivity index (χ1) is 11.2. The highest BCUT2D eigenvalue weighted by atomic mass is 32.1. The summed E-state index contributed by atoms with van der Waals surface area (Å²) in [4.78, 5) is 7.90. The molecule has 120 valence electrons. The lowest BCUT2D eigenvalue weighted by Crippen LogP contribution is -2.30. The van der Waals surface area contributed by atoms with Crippen molar-refractivity contribution in [2.75, 3.05) is 6.54 Å². The second-order valence-electron chi connectivity index (χ2n) is 6.05. The summed E-state index contributed by atoms with van der Waals surface area (Å²) in [5.74, 6) is -0.280. The minimum atomic E-state index is -0.611. The van der Waals surface area contributed by atoms with Crippen LogP contribution in [0, 0.1) is 5.82 Å². The lowest BCUT2D eigenvalue weighted by Gasteiger charge is -2.24. The molecule has 0 amide bonds. The van der Waals surface area contributed by atoms with Crippen molar-refractivity contribution in [3.63, 3.8) is 0 Å². The fourth-order valence-corrected chi connectivity index (χ4v) is 3.57. The largest absolute Gasteiger partial charge is 0.387 e. The van der Waals surface area contributed by atoms with Crippen molar-refractivity contribution in [3.8, 4) is 0 Å². The zero-order valence-corrected chi connectivity index (χ0v) is 13.4. The number of fused-ring (bicyclic) bond motifs is 1. The van der Waals surface area contributed by atoms with Gasteiger partial charge in [0.25, 0.3) is 0 Å². The maximum absolute atomic E-state index is 13.0. The van der Waals surface area contributed by atoms with Gasteiger partial charge in [0.2, 0.25) is 0 Å². The number of hydrogen-bond donors (Lipinski definition) is 1. The van der Waals surface area contributed by atoms with E-state index in [0.29, 0.717) is 12.6 Å². The number of imidazole rings is 1. The Morgan fingerprint density at radius 1 is 1.35 bits per heavy atom. The van der Waals surface area contributed by atoms with Gasteiger partial charge in [0.15, 0.2) is 4.96 Å². The SMILES string of the molecule is O[C@H](CN(Cc1cn2ccsc2n1)C1CC1)c1ccc(F)cc1. The molecule has 0 unspecified atom stereocenters. The summed E-state index contributed by atoms with van der Waals surface area (Å²) < 4.78 is 15.0. The molecule has 1 aliphatic rings. The minimum absolute atomic E-state index is 0.280. The predicted molar refractivity (Wildman–Crippen MR) is 87.9 cm³/mol. The van der Waals surface area contributed by atoms with E-state index in [9.17, 15) is 9.50 Å². The molecule has 0 saturated heterocycles. The molecule has 0 spiro atoms. The van der Waals surface area contributed by atoms with E-state index in [2.05, 4.69) is 9.88 Å². The number of halogens is 1. The van der Waals surface area contributed by atoms with Gasteiger partial charge in [-0.1, -0.05) is 12.1 Å². The smallest absolute Gasteiger partial charge is 0.193 e. The van der Waals surface area contributed by atoms with Gasteiger partial charge >= 0.3 is 0 Å². The number of nitrogens with zero attached hydrogens (tertiary/aromatic N) is 3. The molecule has 3 aromatic rings. The summed E-state index contributed by atoms with van der Waals surface area (Å²) in [6, 6.07) is 6.60. The number of hydrogen-bond acceptors (Lipinski definition) is 4. The van der Waals surface area contributed by atoms with Gasteiger partial charge in [-0.3, -0.25) is 9.30 Å². The molecular weight excluding hydrogens is 313 g/mol. The van der Waals surface area contributed by atoms with Crippen LogP contribution >= 0.6 is 11.3 Å². The Morgan fingerprint density at radius 2 is 2.13 bits per heavy atom. The molecular formula is C17H18FN3OS. The number of aliphatic hydroxyl groups is 1. The summed E-state index contributed by atoms with van der Waals surface area (Å²) in [5.41, 5.74) is 1.78. The first kappa shape index (κ1) is 14.8. The minimum Gasteiger partial charge on any atom is -0.387 e. The van der Waals surface area contributed by atoms with E-state index in [4.69, 9.17) is 0 Å². The van der Waals surface area contributed by atoms with Crippen LogP contribution in [0.25, 0.3) is 4.96 Å². The van der Waals surface area contributed by atoms with Gasteiger partial charge in [-0.2, -0.15) is 0 Å². The van der Waals surface area contributed by atoms with E-state index in [1.807, 2.05) is 22.2 Å². The molecule has 0 bridgehead atoms. The average Bonchev–Trinajstić information content (AvgIpc) is 3.18. The first-order valence-corrected chi connectivity index (χ1v) is 8.65. The second kappa shape index (κ2) is 6.03. The molecule has 2 aromatic heterocycles. The molecule has 0 radical (unpaired) electrons. The third-order valence-electron chi connectivity index (χ3n) is 4.23. The Hall–Kier alpha value is -1.76. The van der Waals surface area contributed by atoms with Crippen molar-refractivity contribution >= 4 is 16.3 Å². The van der Waals surface area contributed by atoms with Crippen LogP contribution in [0.3, 0.4) is 0 Å². The normalized spacial score (nSPS) is 16.3. The van der Waals surface area contributed by atoms with E-state index >= 15 is 0 Å². The Labute approximate surface area is 137 Å². The van der Waals surface area contributed by atoms with Crippen molar-refractivity contribution in [2.45, 2.75) is 31.5 Å². The van der Waals surface area contributed by atoms with Gasteiger partial charge in [-0.25, -0.2) is 9.37 Å². The molecule has 1 fully saturated rings. The molecule has 4 nitrogen and oxygen atoms in total. The number of aromatic nitrogens is 2. The zero-order chi connectivity index (χ0) is 15.8. The Morgan fingerprint density at radius 3 is 2.83 bits per heavy atom. The van der Waals surface area contributed by atoms with Crippen LogP contribution in [-0.4, -0.2) is 32.0 Å². The van der Waals surface area contributed by atoms with Gasteiger partial charge in [0.1, 0.15) is 5.82 Å². The van der Waals surface area contributed by atoms with Crippen molar-refractivity contribution in [1.29, 1.82) is 0 Å². The van der Waals surface area contributed by atoms with Crippen molar-refractivity contribution < 1.29 is 9.50 Å². The summed E-state index contributed by atoms with van der Waals surface area (Å²) in [7, 11) is 0. The molecule has 0 aliphatic heterocycles. The molecule has 1 aromatic carbocycles. The number of aliphatic hydroxyl groups excluding tert-OH is 1. The third kappa shape index (κ3) is 3.29. The van der Waals surface area contributed by atoms with Crippen LogP contribution < -0.4 is 0 Å². The number of thiazole rings is 1. The molecule has 1 atom stereocenters. The summed E-state index contributed by atoms with van der Waals surface area (Å²) in [6.45, 7) is 1.28. The molecule has 6 heteroatoms. The molecule has 1 saturated carbocycles. The predicted octanol–water partition coefficient (Wildman–Crippen LogP) is 3.23. The summed E-state index contributed by atoms with van der Waals surface area (Å²) in [5, 5.41) is 12.5. The van der Waals surface area contributed by atoms with Crippen LogP contribution in [0.4, 0.5) is 4.39 Å². The van der Waals surface area contributed by atoms with Crippen LogP contribution in [0.5, 0.6) is 0 Å². The fraction of sp³-hybridized carbons (Fsp3) is 0.353. The Bertz CT molecular complexity index is 765. The third-order valence-corrected chi connectivity index (χ3v) is 5.00. The van der Waals surface area contributed by atoms with Crippen molar-refractivity contribution in [1.82, 2.24) is 14.3 Å². The van der Waals surface area contributed by atoms with Crippen molar-refractivity contribution in [3.05, 3.63) is 59.1 Å². The lowest BCUT2D eigenvalue weighted by molar-refractivity contribution is 0.104. The summed E-state index contributed by atoms with van der Waals surface area (Å²) in [6.07, 6.45) is 5.77. The zero-order valence-electron chi connectivity index (χ0n) is 12.6. The number of benzene rings is 1. The van der Waals surface area contributed by atoms with Gasteiger partial charge in [0.05, 0.1) is 11.8 Å². The van der Waals surface area contributed by atoms with Crippen LogP contribution in [-0.2, 0) is 6.54 Å². The molecule has 1 aliphatic carbocycles. The fourth-order valence-electron chi connectivity index (χ4n) is 2.86. The van der Waals surface area contributed by atoms with E-state index in [-0.39, 0.29) is 5.82 Å². The van der Waals surface area contributed by atoms with Gasteiger partial charge in [0, 0.05) is 36.9 Å². The van der Waals surface area contributed by atoms with Gasteiger partial charge in [-0.15, -0.1) is 11.3 Å². The Kier molecular flexibility index (Phi) is 3.88. The second-order valence-corrected chi connectivity index (χ2v) is 6.93. The average molecular weight is 331 g/mol. The van der Waals surface area contributed by atoms with Crippen molar-refractivity contribution in [2.24, 2.45) is 0 Å². The lowest BCUT2D eigenvalue weighted by atomic mass is 10.1. The topological polar surface area (TPSA) is 40.8 Å². The monoisotopic (exact) mass is 331 g/mol. The Balaban J connectivity index is 1.47. The highest BCUT2D eigenvalue weighted by Crippen LogP contribution is 2.30.